The van der Waals surface area contributed by atoms with Gasteiger partial charge in [0.2, 0.25) is 11.8 Å². The van der Waals surface area contributed by atoms with Crippen LogP contribution in [-0.2, 0) is 4.79 Å². The molecule has 1 amide bonds. The van der Waals surface area contributed by atoms with Crippen molar-refractivity contribution >= 4 is 17.5 Å². The van der Waals surface area contributed by atoms with Crippen LogP contribution in [0.5, 0.6) is 0 Å². The van der Waals surface area contributed by atoms with Crippen LogP contribution in [0.25, 0.3) is 0 Å². The van der Waals surface area contributed by atoms with E-state index in [1.165, 1.54) is 0 Å². The number of carbonyl (C=O) groups is 1. The Labute approximate surface area is 113 Å². The molecule has 1 fully saturated rings. The molecule has 1 aliphatic carbocycles. The largest absolute Gasteiger partial charge is 0.346 e. The summed E-state index contributed by atoms with van der Waals surface area (Å²) in [6, 6.07) is 0. The highest BCUT2D eigenvalue weighted by Gasteiger charge is 2.37. The predicted molar refractivity (Wildman–Crippen MR) is 69.1 cm³/mol. The van der Waals surface area contributed by atoms with Gasteiger partial charge in [-0.2, -0.15) is 0 Å². The Morgan fingerprint density at radius 3 is 2.44 bits per heavy atom. The minimum atomic E-state index is -2.56. The summed E-state index contributed by atoms with van der Waals surface area (Å²) in [4.78, 5) is 13.7. The van der Waals surface area contributed by atoms with Gasteiger partial charge in [0, 0.05) is 38.2 Å². The number of unbranched alkanes of at least 4 members (excludes halogenated alkanes) is 2. The van der Waals surface area contributed by atoms with Crippen LogP contribution in [0.4, 0.5) is 8.78 Å². The zero-order valence-corrected chi connectivity index (χ0v) is 11.7. The molecule has 0 atom stereocenters. The van der Waals surface area contributed by atoms with Crippen molar-refractivity contribution in [3.63, 3.8) is 0 Å². The Kier molecular flexibility index (Phi) is 6.33. The summed E-state index contributed by atoms with van der Waals surface area (Å²) in [6.07, 6.45) is 3.23. The number of rotatable bonds is 6. The Morgan fingerprint density at radius 2 is 1.89 bits per heavy atom. The number of nitrogens with zero attached hydrogens (tertiary/aromatic N) is 1. The maximum atomic E-state index is 13.0. The molecule has 2 nitrogen and oxygen atoms in total. The molecule has 106 valence electrons. The van der Waals surface area contributed by atoms with Crippen molar-refractivity contribution in [3.8, 4) is 0 Å². The third-order valence-corrected chi connectivity index (χ3v) is 3.84. The highest BCUT2D eigenvalue weighted by molar-refractivity contribution is 6.17. The molecule has 0 radical (unpaired) electrons. The zero-order chi connectivity index (χ0) is 13.6. The van der Waals surface area contributed by atoms with E-state index in [1.54, 1.807) is 11.9 Å². The number of carbonyl (C=O) groups excluding carboxylic acids is 1. The lowest BCUT2D eigenvalue weighted by atomic mass is 9.86. The van der Waals surface area contributed by atoms with Crippen molar-refractivity contribution in [3.05, 3.63) is 0 Å². The molecule has 1 aliphatic rings. The van der Waals surface area contributed by atoms with Gasteiger partial charge >= 0.3 is 0 Å². The monoisotopic (exact) mass is 281 g/mol. The minimum absolute atomic E-state index is 0.0244. The summed E-state index contributed by atoms with van der Waals surface area (Å²) in [5.74, 6) is -2.09. The van der Waals surface area contributed by atoms with Crippen molar-refractivity contribution in [2.24, 2.45) is 5.92 Å². The van der Waals surface area contributed by atoms with Gasteiger partial charge in [-0.1, -0.05) is 6.42 Å². The van der Waals surface area contributed by atoms with E-state index in [2.05, 4.69) is 0 Å². The molecular weight excluding hydrogens is 260 g/mol. The Balaban J connectivity index is 2.27. The summed E-state index contributed by atoms with van der Waals surface area (Å²) in [5.41, 5.74) is 0. The molecule has 0 aromatic heterocycles. The highest BCUT2D eigenvalue weighted by atomic mass is 35.5. The van der Waals surface area contributed by atoms with Gasteiger partial charge in [-0.3, -0.25) is 4.79 Å². The molecule has 0 aromatic rings. The highest BCUT2D eigenvalue weighted by Crippen LogP contribution is 2.36. The van der Waals surface area contributed by atoms with Crippen LogP contribution in [0.3, 0.4) is 0 Å². The SMILES string of the molecule is CN(CCCCCCl)C(=O)C1CCC(F)(F)CC1. The first-order valence-electron chi connectivity index (χ1n) is 6.65. The van der Waals surface area contributed by atoms with Gasteiger partial charge in [-0.15, -0.1) is 11.6 Å². The van der Waals surface area contributed by atoms with E-state index in [1.807, 2.05) is 0 Å². The van der Waals surface area contributed by atoms with Gasteiger partial charge in [-0.25, -0.2) is 8.78 Å². The van der Waals surface area contributed by atoms with Crippen LogP contribution in [0.2, 0.25) is 0 Å². The number of hydrogen-bond acceptors (Lipinski definition) is 1. The first kappa shape index (κ1) is 15.7. The molecule has 1 saturated carbocycles. The second-order valence-electron chi connectivity index (χ2n) is 5.14. The molecule has 0 aliphatic heterocycles. The molecule has 0 spiro atoms. The first-order valence-corrected chi connectivity index (χ1v) is 7.18. The number of amides is 1. The minimum Gasteiger partial charge on any atom is -0.346 e. The van der Waals surface area contributed by atoms with Gasteiger partial charge in [0.1, 0.15) is 0 Å². The molecule has 0 aromatic carbocycles. The van der Waals surface area contributed by atoms with Crippen LogP contribution in [0.1, 0.15) is 44.9 Å². The fourth-order valence-electron chi connectivity index (χ4n) is 2.33. The molecule has 0 N–H and O–H groups in total. The third-order valence-electron chi connectivity index (χ3n) is 3.57. The fourth-order valence-corrected chi connectivity index (χ4v) is 2.52. The lowest BCUT2D eigenvalue weighted by molar-refractivity contribution is -0.138. The first-order chi connectivity index (χ1) is 8.46. The van der Waals surface area contributed by atoms with Crippen LogP contribution in [-0.4, -0.2) is 36.2 Å². The maximum Gasteiger partial charge on any atom is 0.248 e. The van der Waals surface area contributed by atoms with E-state index in [4.69, 9.17) is 11.6 Å². The lowest BCUT2D eigenvalue weighted by Gasteiger charge is -2.30. The zero-order valence-electron chi connectivity index (χ0n) is 10.9. The predicted octanol–water partition coefficient (Wildman–Crippen LogP) is 3.68. The molecule has 0 bridgehead atoms. The van der Waals surface area contributed by atoms with Crippen LogP contribution in [0, 0.1) is 5.92 Å². The fraction of sp³-hybridized carbons (Fsp3) is 0.923. The van der Waals surface area contributed by atoms with E-state index in [-0.39, 0.29) is 24.7 Å². The molecule has 0 heterocycles. The van der Waals surface area contributed by atoms with Crippen molar-refractivity contribution in [1.82, 2.24) is 4.90 Å². The summed E-state index contributed by atoms with van der Waals surface area (Å²) < 4.78 is 26.0. The van der Waals surface area contributed by atoms with Gasteiger partial charge in [0.25, 0.3) is 0 Å². The second kappa shape index (κ2) is 7.27. The Hall–Kier alpha value is -0.380. The van der Waals surface area contributed by atoms with Crippen molar-refractivity contribution < 1.29 is 13.6 Å². The molecule has 0 unspecified atom stereocenters. The normalized spacial score (nSPS) is 19.8. The second-order valence-corrected chi connectivity index (χ2v) is 5.52. The number of alkyl halides is 3. The van der Waals surface area contributed by atoms with Crippen LogP contribution < -0.4 is 0 Å². The summed E-state index contributed by atoms with van der Waals surface area (Å²) in [6.45, 7) is 0.697. The van der Waals surface area contributed by atoms with Gasteiger partial charge in [0.15, 0.2) is 0 Å². The Morgan fingerprint density at radius 1 is 1.28 bits per heavy atom. The van der Waals surface area contributed by atoms with Crippen LogP contribution >= 0.6 is 11.6 Å². The summed E-state index contributed by atoms with van der Waals surface area (Å²) in [7, 11) is 1.76. The van der Waals surface area contributed by atoms with E-state index >= 15 is 0 Å². The van der Waals surface area contributed by atoms with Gasteiger partial charge < -0.3 is 4.90 Å². The van der Waals surface area contributed by atoms with Crippen molar-refractivity contribution in [2.45, 2.75) is 50.9 Å². The molecule has 0 saturated heterocycles. The maximum absolute atomic E-state index is 13.0. The molecule has 1 rings (SSSR count). The van der Waals surface area contributed by atoms with E-state index < -0.39 is 5.92 Å². The van der Waals surface area contributed by atoms with Gasteiger partial charge in [-0.05, 0) is 25.7 Å². The Bertz CT molecular complexity index is 264. The standard InChI is InChI=1S/C13H22ClF2NO/c1-17(10-4-2-3-9-14)12(18)11-5-7-13(15,16)8-6-11/h11H,2-10H2,1H3. The molecule has 5 heteroatoms. The van der Waals surface area contributed by atoms with Crippen molar-refractivity contribution in [1.29, 1.82) is 0 Å². The molecule has 18 heavy (non-hydrogen) atoms. The number of halogens is 3. The van der Waals surface area contributed by atoms with E-state index in [0.717, 1.165) is 19.3 Å². The lowest BCUT2D eigenvalue weighted by Crippen LogP contribution is -2.37. The summed E-state index contributed by atoms with van der Waals surface area (Å²) in [5, 5.41) is 0. The smallest absolute Gasteiger partial charge is 0.248 e. The van der Waals surface area contributed by atoms with E-state index in [0.29, 0.717) is 25.3 Å². The average Bonchev–Trinajstić information content (AvgIpc) is 2.33. The molecular formula is C13H22ClF2NO. The number of hydrogen-bond donors (Lipinski definition) is 0. The van der Waals surface area contributed by atoms with E-state index in [9.17, 15) is 13.6 Å². The van der Waals surface area contributed by atoms with Crippen molar-refractivity contribution in [2.75, 3.05) is 19.5 Å². The average molecular weight is 282 g/mol. The quantitative estimate of drug-likeness (QED) is 0.537. The van der Waals surface area contributed by atoms with Gasteiger partial charge in [0.05, 0.1) is 0 Å². The third kappa shape index (κ3) is 5.09. The van der Waals surface area contributed by atoms with Crippen LogP contribution in [0.15, 0.2) is 0 Å². The summed E-state index contributed by atoms with van der Waals surface area (Å²) >= 11 is 5.58. The topological polar surface area (TPSA) is 20.3 Å².